The van der Waals surface area contributed by atoms with Crippen molar-refractivity contribution in [3.8, 4) is 5.88 Å². The number of rotatable bonds is 3. The minimum Gasteiger partial charge on any atom is -0.474 e. The Balaban J connectivity index is 2.06. The maximum Gasteiger partial charge on any atom is 0.338 e. The van der Waals surface area contributed by atoms with Crippen molar-refractivity contribution in [2.24, 2.45) is 5.92 Å². The van der Waals surface area contributed by atoms with Gasteiger partial charge >= 0.3 is 5.97 Å². The number of aromatic nitrogens is 1. The Labute approximate surface area is 107 Å². The van der Waals surface area contributed by atoms with E-state index in [1.807, 2.05) is 0 Å². The summed E-state index contributed by atoms with van der Waals surface area (Å²) in [5, 5.41) is 0. The van der Waals surface area contributed by atoms with Crippen molar-refractivity contribution in [3.63, 3.8) is 0 Å². The number of hydrogen-bond donors (Lipinski definition) is 0. The van der Waals surface area contributed by atoms with Gasteiger partial charge in [-0.05, 0) is 31.2 Å². The molecule has 4 nitrogen and oxygen atoms in total. The van der Waals surface area contributed by atoms with Crippen LogP contribution in [0.15, 0.2) is 18.3 Å². The molecule has 1 fully saturated rings. The maximum atomic E-state index is 11.4. The highest BCUT2D eigenvalue weighted by atomic mass is 16.5. The fraction of sp³-hybridized carbons (Fsp3) is 0.571. The van der Waals surface area contributed by atoms with Crippen LogP contribution in [0.25, 0.3) is 0 Å². The van der Waals surface area contributed by atoms with E-state index in [0.29, 0.717) is 17.4 Å². The van der Waals surface area contributed by atoms with E-state index in [1.54, 1.807) is 18.3 Å². The van der Waals surface area contributed by atoms with E-state index in [-0.39, 0.29) is 12.1 Å². The largest absolute Gasteiger partial charge is 0.474 e. The predicted octanol–water partition coefficient (Wildman–Crippen LogP) is 2.83. The number of carbonyl (C=O) groups is 1. The maximum absolute atomic E-state index is 11.4. The zero-order chi connectivity index (χ0) is 13.0. The summed E-state index contributed by atoms with van der Waals surface area (Å²) in [4.78, 5) is 15.6. The number of methoxy groups -OCH3 is 1. The molecular formula is C14H19NO3. The summed E-state index contributed by atoms with van der Waals surface area (Å²) in [6.45, 7) is 2.20. The molecule has 1 aromatic heterocycles. The Morgan fingerprint density at radius 2 is 2.17 bits per heavy atom. The standard InChI is InChI=1S/C14H19NO3/c1-10-5-3-4-6-12(10)18-13-9-11(7-8-15-13)14(16)17-2/h7-10,12H,3-6H2,1-2H3. The molecule has 18 heavy (non-hydrogen) atoms. The summed E-state index contributed by atoms with van der Waals surface area (Å²) >= 11 is 0. The fourth-order valence-electron chi connectivity index (χ4n) is 2.33. The minimum atomic E-state index is -0.362. The number of hydrogen-bond acceptors (Lipinski definition) is 4. The monoisotopic (exact) mass is 249 g/mol. The molecule has 2 rings (SSSR count). The van der Waals surface area contributed by atoms with Crippen molar-refractivity contribution in [1.29, 1.82) is 0 Å². The Kier molecular flexibility index (Phi) is 4.18. The molecule has 0 amide bonds. The molecule has 0 aliphatic heterocycles. The number of carbonyl (C=O) groups excluding carboxylic acids is 1. The highest BCUT2D eigenvalue weighted by molar-refractivity contribution is 5.89. The summed E-state index contributed by atoms with van der Waals surface area (Å²) in [6, 6.07) is 3.27. The van der Waals surface area contributed by atoms with E-state index in [0.717, 1.165) is 6.42 Å². The van der Waals surface area contributed by atoms with Crippen LogP contribution in [0.5, 0.6) is 5.88 Å². The van der Waals surface area contributed by atoms with E-state index in [4.69, 9.17) is 4.74 Å². The number of pyridine rings is 1. The lowest BCUT2D eigenvalue weighted by Gasteiger charge is -2.28. The van der Waals surface area contributed by atoms with Crippen molar-refractivity contribution in [3.05, 3.63) is 23.9 Å². The number of nitrogens with zero attached hydrogens (tertiary/aromatic N) is 1. The lowest BCUT2D eigenvalue weighted by Crippen LogP contribution is -2.28. The summed E-state index contributed by atoms with van der Waals surface area (Å²) in [6.07, 6.45) is 6.52. The van der Waals surface area contributed by atoms with Crippen LogP contribution in [0.1, 0.15) is 43.0 Å². The van der Waals surface area contributed by atoms with Gasteiger partial charge in [0.1, 0.15) is 6.10 Å². The van der Waals surface area contributed by atoms with Gasteiger partial charge in [-0.25, -0.2) is 9.78 Å². The minimum absolute atomic E-state index is 0.208. The molecule has 2 atom stereocenters. The summed E-state index contributed by atoms with van der Waals surface area (Å²) < 4.78 is 10.6. The average Bonchev–Trinajstić information content (AvgIpc) is 2.41. The fourth-order valence-corrected chi connectivity index (χ4v) is 2.33. The van der Waals surface area contributed by atoms with Crippen LogP contribution in [0.2, 0.25) is 0 Å². The lowest BCUT2D eigenvalue weighted by atomic mass is 9.88. The second kappa shape index (κ2) is 5.85. The Morgan fingerprint density at radius 1 is 1.39 bits per heavy atom. The van der Waals surface area contributed by atoms with Crippen molar-refractivity contribution in [1.82, 2.24) is 4.98 Å². The molecule has 0 saturated heterocycles. The van der Waals surface area contributed by atoms with Gasteiger partial charge in [0.15, 0.2) is 0 Å². The van der Waals surface area contributed by atoms with E-state index < -0.39 is 0 Å². The molecule has 1 aliphatic carbocycles. The molecule has 0 N–H and O–H groups in total. The molecule has 1 saturated carbocycles. The molecule has 0 spiro atoms. The molecule has 1 aliphatic rings. The molecule has 1 heterocycles. The third kappa shape index (κ3) is 3.00. The van der Waals surface area contributed by atoms with Crippen molar-refractivity contribution in [2.75, 3.05) is 7.11 Å². The second-order valence-electron chi connectivity index (χ2n) is 4.79. The first-order valence-corrected chi connectivity index (χ1v) is 6.41. The van der Waals surface area contributed by atoms with Crippen molar-refractivity contribution in [2.45, 2.75) is 38.7 Å². The molecular weight excluding hydrogens is 230 g/mol. The third-order valence-electron chi connectivity index (χ3n) is 3.46. The first-order valence-electron chi connectivity index (χ1n) is 6.41. The van der Waals surface area contributed by atoms with E-state index >= 15 is 0 Å². The van der Waals surface area contributed by atoms with E-state index in [1.165, 1.54) is 26.4 Å². The first-order chi connectivity index (χ1) is 8.70. The van der Waals surface area contributed by atoms with Crippen LogP contribution in [0.4, 0.5) is 0 Å². The van der Waals surface area contributed by atoms with Crippen LogP contribution >= 0.6 is 0 Å². The SMILES string of the molecule is COC(=O)c1ccnc(OC2CCCCC2C)c1. The zero-order valence-electron chi connectivity index (χ0n) is 10.9. The smallest absolute Gasteiger partial charge is 0.338 e. The van der Waals surface area contributed by atoms with Crippen molar-refractivity contribution >= 4 is 5.97 Å². The Bertz CT molecular complexity index is 419. The van der Waals surface area contributed by atoms with Crippen molar-refractivity contribution < 1.29 is 14.3 Å². The number of ether oxygens (including phenoxy) is 2. The highest BCUT2D eigenvalue weighted by Crippen LogP contribution is 2.27. The summed E-state index contributed by atoms with van der Waals surface area (Å²) in [5.41, 5.74) is 0.478. The van der Waals surface area contributed by atoms with Gasteiger partial charge in [0.05, 0.1) is 12.7 Å². The number of esters is 1. The van der Waals surface area contributed by atoms with Gasteiger partial charge in [0.2, 0.25) is 5.88 Å². The molecule has 0 aromatic carbocycles. The molecule has 98 valence electrons. The molecule has 4 heteroatoms. The van der Waals surface area contributed by atoms with Gasteiger partial charge in [-0.2, -0.15) is 0 Å². The average molecular weight is 249 g/mol. The molecule has 2 unspecified atom stereocenters. The third-order valence-corrected chi connectivity index (χ3v) is 3.46. The van der Waals surface area contributed by atoms with Gasteiger partial charge in [-0.1, -0.05) is 13.3 Å². The van der Waals surface area contributed by atoms with E-state index in [2.05, 4.69) is 16.6 Å². The first kappa shape index (κ1) is 12.9. The van der Waals surface area contributed by atoms with Crippen LogP contribution in [-0.2, 0) is 4.74 Å². The zero-order valence-corrected chi connectivity index (χ0v) is 10.9. The van der Waals surface area contributed by atoms with Gasteiger partial charge in [-0.3, -0.25) is 0 Å². The topological polar surface area (TPSA) is 48.4 Å². The highest BCUT2D eigenvalue weighted by Gasteiger charge is 2.23. The Hall–Kier alpha value is -1.58. The summed E-state index contributed by atoms with van der Waals surface area (Å²) in [5.74, 6) is 0.693. The Morgan fingerprint density at radius 3 is 2.89 bits per heavy atom. The van der Waals surface area contributed by atoms with Crippen LogP contribution in [0, 0.1) is 5.92 Å². The normalized spacial score (nSPS) is 23.4. The van der Waals surface area contributed by atoms with Crippen LogP contribution < -0.4 is 4.74 Å². The van der Waals surface area contributed by atoms with Crippen LogP contribution in [0.3, 0.4) is 0 Å². The van der Waals surface area contributed by atoms with Gasteiger partial charge < -0.3 is 9.47 Å². The summed E-state index contributed by atoms with van der Waals surface area (Å²) in [7, 11) is 1.37. The van der Waals surface area contributed by atoms with Crippen LogP contribution in [-0.4, -0.2) is 24.2 Å². The quantitative estimate of drug-likeness (QED) is 0.773. The molecule has 0 radical (unpaired) electrons. The lowest BCUT2D eigenvalue weighted by molar-refractivity contribution is 0.0597. The molecule has 1 aromatic rings. The van der Waals surface area contributed by atoms with Gasteiger partial charge in [-0.15, -0.1) is 0 Å². The predicted molar refractivity (Wildman–Crippen MR) is 67.6 cm³/mol. The van der Waals surface area contributed by atoms with Gasteiger partial charge in [0, 0.05) is 12.3 Å². The van der Waals surface area contributed by atoms with Gasteiger partial charge in [0.25, 0.3) is 0 Å². The van der Waals surface area contributed by atoms with E-state index in [9.17, 15) is 4.79 Å². The second-order valence-corrected chi connectivity index (χ2v) is 4.79. The molecule has 0 bridgehead atoms.